The van der Waals surface area contributed by atoms with Crippen LogP contribution < -0.4 is 5.32 Å². The molecule has 0 saturated heterocycles. The molecule has 0 aliphatic rings. The van der Waals surface area contributed by atoms with Gasteiger partial charge in [-0.2, -0.15) is 5.10 Å². The molecular weight excluding hydrogens is 262 g/mol. The van der Waals surface area contributed by atoms with Crippen molar-refractivity contribution in [3.05, 3.63) is 48.2 Å². The Morgan fingerprint density at radius 2 is 2.14 bits per heavy atom. The average Bonchev–Trinajstić information content (AvgIpc) is 3.09. The number of nitrogens with zero attached hydrogens (tertiary/aromatic N) is 4. The van der Waals surface area contributed by atoms with Crippen molar-refractivity contribution in [2.75, 3.05) is 7.05 Å². The second-order valence-corrected chi connectivity index (χ2v) is 5.22. The summed E-state index contributed by atoms with van der Waals surface area (Å²) in [6.07, 6.45) is 4.84. The number of aryl methyl sites for hydroxylation is 1. The highest BCUT2D eigenvalue weighted by Crippen LogP contribution is 2.21. The normalized spacial score (nSPS) is 11.3. The number of hydrogen-bond donors (Lipinski definition) is 1. The lowest BCUT2D eigenvalue weighted by molar-refractivity contribution is 0.557. The first kappa shape index (κ1) is 13.8. The van der Waals surface area contributed by atoms with E-state index in [9.17, 15) is 0 Å². The van der Waals surface area contributed by atoms with Crippen LogP contribution in [0.2, 0.25) is 0 Å². The number of aromatic nitrogens is 4. The Labute approximate surface area is 124 Å². The van der Waals surface area contributed by atoms with Crippen LogP contribution in [0.5, 0.6) is 0 Å². The van der Waals surface area contributed by atoms with E-state index in [0.717, 1.165) is 31.9 Å². The molecule has 3 aromatic rings. The van der Waals surface area contributed by atoms with E-state index in [4.69, 9.17) is 0 Å². The summed E-state index contributed by atoms with van der Waals surface area (Å²) in [4.78, 5) is 4.39. The van der Waals surface area contributed by atoms with Crippen LogP contribution in [0.1, 0.15) is 24.7 Å². The second kappa shape index (κ2) is 6.10. The number of hydrogen-bond acceptors (Lipinski definition) is 3. The summed E-state index contributed by atoms with van der Waals surface area (Å²) in [6, 6.07) is 8.63. The Morgan fingerprint density at radius 1 is 1.24 bits per heavy atom. The minimum absolute atomic E-state index is 0.756. The van der Waals surface area contributed by atoms with E-state index in [0.29, 0.717) is 0 Å². The van der Waals surface area contributed by atoms with Crippen molar-refractivity contribution < 1.29 is 0 Å². The van der Waals surface area contributed by atoms with Crippen LogP contribution in [0.4, 0.5) is 0 Å². The predicted octanol–water partition coefficient (Wildman–Crippen LogP) is 2.41. The molecule has 3 rings (SSSR count). The quantitative estimate of drug-likeness (QED) is 0.755. The Balaban J connectivity index is 1.94. The molecule has 0 saturated carbocycles. The molecule has 21 heavy (non-hydrogen) atoms. The topological polar surface area (TPSA) is 47.7 Å². The van der Waals surface area contributed by atoms with Crippen LogP contribution in [0.3, 0.4) is 0 Å². The molecule has 0 unspecified atom stereocenters. The van der Waals surface area contributed by atoms with Crippen LogP contribution in [0, 0.1) is 0 Å². The van der Waals surface area contributed by atoms with Crippen molar-refractivity contribution >= 4 is 10.9 Å². The van der Waals surface area contributed by atoms with E-state index < -0.39 is 0 Å². The third-order valence-electron chi connectivity index (χ3n) is 3.71. The molecule has 2 aromatic heterocycles. The highest BCUT2D eigenvalue weighted by atomic mass is 15.3. The smallest absolute Gasteiger partial charge is 0.146 e. The molecule has 0 aliphatic heterocycles. The summed E-state index contributed by atoms with van der Waals surface area (Å²) in [7, 11) is 1.98. The minimum Gasteiger partial charge on any atom is -0.340 e. The predicted molar refractivity (Wildman–Crippen MR) is 84.1 cm³/mol. The summed E-state index contributed by atoms with van der Waals surface area (Å²) in [6.45, 7) is 4.71. The molecule has 0 amide bonds. The van der Waals surface area contributed by atoms with Crippen molar-refractivity contribution in [2.45, 2.75) is 33.0 Å². The van der Waals surface area contributed by atoms with Gasteiger partial charge in [-0.3, -0.25) is 0 Å². The van der Waals surface area contributed by atoms with Crippen LogP contribution in [0.15, 0.2) is 36.8 Å². The van der Waals surface area contributed by atoms with Gasteiger partial charge in [-0.25, -0.2) is 9.67 Å². The Bertz CT molecular complexity index is 725. The fourth-order valence-corrected chi connectivity index (χ4v) is 2.73. The zero-order valence-corrected chi connectivity index (χ0v) is 12.6. The zero-order chi connectivity index (χ0) is 14.7. The second-order valence-electron chi connectivity index (χ2n) is 5.22. The monoisotopic (exact) mass is 283 g/mol. The number of benzene rings is 1. The maximum absolute atomic E-state index is 4.39. The maximum atomic E-state index is 4.39. The molecule has 0 radical (unpaired) electrons. The average molecular weight is 283 g/mol. The first-order valence-corrected chi connectivity index (χ1v) is 7.41. The summed E-state index contributed by atoms with van der Waals surface area (Å²) in [5.74, 6) is 1.01. The first-order chi connectivity index (χ1) is 10.3. The minimum atomic E-state index is 0.756. The third kappa shape index (κ3) is 2.69. The molecule has 1 aromatic carbocycles. The van der Waals surface area contributed by atoms with Gasteiger partial charge in [-0.1, -0.05) is 19.1 Å². The SMILES string of the molecule is CCCn1ncnc1Cn1ccc2c(CNC)cccc21. The van der Waals surface area contributed by atoms with Crippen LogP contribution >= 0.6 is 0 Å². The number of nitrogens with one attached hydrogen (secondary N) is 1. The van der Waals surface area contributed by atoms with E-state index in [-0.39, 0.29) is 0 Å². The first-order valence-electron chi connectivity index (χ1n) is 7.41. The van der Waals surface area contributed by atoms with Gasteiger partial charge in [-0.15, -0.1) is 0 Å². The van der Waals surface area contributed by atoms with Gasteiger partial charge in [-0.05, 0) is 31.2 Å². The molecule has 0 fully saturated rings. The van der Waals surface area contributed by atoms with E-state index in [1.54, 1.807) is 6.33 Å². The molecule has 1 N–H and O–H groups in total. The standard InChI is InChI=1S/C16H21N5/c1-3-8-21-16(18-12-19-21)11-20-9-7-14-13(10-17-2)5-4-6-15(14)20/h4-7,9,12,17H,3,8,10-11H2,1-2H3. The van der Waals surface area contributed by atoms with Gasteiger partial charge < -0.3 is 9.88 Å². The lowest BCUT2D eigenvalue weighted by Crippen LogP contribution is -2.09. The third-order valence-corrected chi connectivity index (χ3v) is 3.71. The van der Waals surface area contributed by atoms with Crippen molar-refractivity contribution in [2.24, 2.45) is 0 Å². The molecule has 0 atom stereocenters. The van der Waals surface area contributed by atoms with E-state index >= 15 is 0 Å². The van der Waals surface area contributed by atoms with Crippen LogP contribution in [-0.4, -0.2) is 26.4 Å². The number of fused-ring (bicyclic) bond motifs is 1. The van der Waals surface area contributed by atoms with E-state index in [2.05, 4.69) is 57.4 Å². The van der Waals surface area contributed by atoms with Gasteiger partial charge in [0.1, 0.15) is 12.2 Å². The van der Waals surface area contributed by atoms with Crippen LogP contribution in [0.25, 0.3) is 10.9 Å². The zero-order valence-electron chi connectivity index (χ0n) is 12.6. The summed E-state index contributed by atoms with van der Waals surface area (Å²) in [5, 5.41) is 8.82. The Hall–Kier alpha value is -2.14. The highest BCUT2D eigenvalue weighted by molar-refractivity contribution is 5.83. The van der Waals surface area contributed by atoms with Crippen molar-refractivity contribution in [3.63, 3.8) is 0 Å². The van der Waals surface area contributed by atoms with Gasteiger partial charge in [0.25, 0.3) is 0 Å². The van der Waals surface area contributed by atoms with Crippen molar-refractivity contribution in [1.29, 1.82) is 0 Å². The molecule has 0 aliphatic carbocycles. The largest absolute Gasteiger partial charge is 0.340 e. The van der Waals surface area contributed by atoms with Gasteiger partial charge in [0.15, 0.2) is 0 Å². The van der Waals surface area contributed by atoms with Gasteiger partial charge in [0.2, 0.25) is 0 Å². The van der Waals surface area contributed by atoms with Gasteiger partial charge in [0, 0.05) is 30.2 Å². The molecule has 110 valence electrons. The van der Waals surface area contributed by atoms with Gasteiger partial charge in [0.05, 0.1) is 6.54 Å². The Kier molecular flexibility index (Phi) is 4.01. The molecule has 0 bridgehead atoms. The van der Waals surface area contributed by atoms with E-state index in [1.165, 1.54) is 16.5 Å². The lowest BCUT2D eigenvalue weighted by atomic mass is 10.1. The molecule has 0 spiro atoms. The fraction of sp³-hybridized carbons (Fsp3) is 0.375. The number of rotatable bonds is 6. The molecule has 2 heterocycles. The molecule has 5 heteroatoms. The summed E-state index contributed by atoms with van der Waals surface area (Å²) < 4.78 is 4.23. The summed E-state index contributed by atoms with van der Waals surface area (Å²) in [5.41, 5.74) is 2.57. The molecule has 5 nitrogen and oxygen atoms in total. The Morgan fingerprint density at radius 3 is 2.95 bits per heavy atom. The lowest BCUT2D eigenvalue weighted by Gasteiger charge is -2.08. The maximum Gasteiger partial charge on any atom is 0.146 e. The highest BCUT2D eigenvalue weighted by Gasteiger charge is 2.09. The summed E-state index contributed by atoms with van der Waals surface area (Å²) >= 11 is 0. The van der Waals surface area contributed by atoms with Crippen molar-refractivity contribution in [3.8, 4) is 0 Å². The van der Waals surface area contributed by atoms with Crippen molar-refractivity contribution in [1.82, 2.24) is 24.6 Å². The van der Waals surface area contributed by atoms with Gasteiger partial charge >= 0.3 is 0 Å². The van der Waals surface area contributed by atoms with Crippen LogP contribution in [-0.2, 0) is 19.6 Å². The molecular formula is C16H21N5. The fourth-order valence-electron chi connectivity index (χ4n) is 2.73. The van der Waals surface area contributed by atoms with E-state index in [1.807, 2.05) is 11.7 Å².